The van der Waals surface area contributed by atoms with Gasteiger partial charge in [0.2, 0.25) is 0 Å². The molecule has 0 saturated carbocycles. The number of aliphatic hydroxyl groups is 2. The Kier molecular flexibility index (Phi) is 9.65. The third-order valence-electron chi connectivity index (χ3n) is 2.03. The summed E-state index contributed by atoms with van der Waals surface area (Å²) in [5.41, 5.74) is 0. The van der Waals surface area contributed by atoms with E-state index in [1.54, 1.807) is 26.0 Å². The molecular weight excluding hydrogens is 263 g/mol. The van der Waals surface area contributed by atoms with Gasteiger partial charge in [-0.15, -0.1) is 23.2 Å². The molecule has 2 atom stereocenters. The van der Waals surface area contributed by atoms with Crippen LogP contribution in [0.3, 0.4) is 0 Å². The third-order valence-corrected chi connectivity index (χ3v) is 2.75. The van der Waals surface area contributed by atoms with Crippen LogP contribution in [0.1, 0.15) is 26.7 Å². The summed E-state index contributed by atoms with van der Waals surface area (Å²) in [5, 5.41) is 18.5. The van der Waals surface area contributed by atoms with E-state index in [9.17, 15) is 10.2 Å². The predicted molar refractivity (Wildman–Crippen MR) is 71.3 cm³/mol. The number of ether oxygens (including phenoxy) is 1. The van der Waals surface area contributed by atoms with Gasteiger partial charge >= 0.3 is 0 Å². The largest absolute Gasteiger partial charge is 0.467 e. The number of allylic oxidation sites excluding steroid dienone is 2. The molecule has 0 aromatic heterocycles. The molecule has 0 saturated heterocycles. The van der Waals surface area contributed by atoms with Gasteiger partial charge in [0.25, 0.3) is 0 Å². The van der Waals surface area contributed by atoms with E-state index in [1.807, 2.05) is 0 Å². The Balaban J connectivity index is 4.05. The number of hydrogen-bond donors (Lipinski definition) is 2. The number of aliphatic hydroxyl groups excluding tert-OH is 2. The van der Waals surface area contributed by atoms with Crippen molar-refractivity contribution in [3.8, 4) is 0 Å². The van der Waals surface area contributed by atoms with E-state index in [4.69, 9.17) is 27.9 Å². The maximum absolute atomic E-state index is 9.25. The molecule has 0 spiro atoms. The molecule has 0 aliphatic rings. The lowest BCUT2D eigenvalue weighted by Gasteiger charge is -2.08. The highest BCUT2D eigenvalue weighted by molar-refractivity contribution is 6.18. The van der Waals surface area contributed by atoms with Crippen LogP contribution in [-0.4, -0.2) is 34.2 Å². The van der Waals surface area contributed by atoms with Crippen LogP contribution in [0.15, 0.2) is 23.7 Å². The Hall–Kier alpha value is -0.220. The number of halogens is 2. The van der Waals surface area contributed by atoms with Crippen LogP contribution >= 0.6 is 23.2 Å². The standard InChI is InChI=1S/C12H20Cl2O3/c1-9(3-5-11(15)7-13)17-10(2)4-6-12(16)8-14/h3-4,11-12,15-16H,5-8H2,1-2H3. The molecule has 0 aliphatic heterocycles. The minimum atomic E-state index is -0.544. The normalized spacial score (nSPS) is 16.8. The molecule has 0 aliphatic carbocycles. The average molecular weight is 283 g/mol. The number of hydrogen-bond acceptors (Lipinski definition) is 3. The van der Waals surface area contributed by atoms with Crippen molar-refractivity contribution in [1.82, 2.24) is 0 Å². The van der Waals surface area contributed by atoms with Gasteiger partial charge in [0, 0.05) is 11.8 Å². The summed E-state index contributed by atoms with van der Waals surface area (Å²) < 4.78 is 5.45. The molecule has 17 heavy (non-hydrogen) atoms. The first-order valence-electron chi connectivity index (χ1n) is 5.49. The first-order chi connectivity index (χ1) is 7.99. The van der Waals surface area contributed by atoms with E-state index >= 15 is 0 Å². The summed E-state index contributed by atoms with van der Waals surface area (Å²) in [6.45, 7) is 3.60. The molecule has 2 N–H and O–H groups in total. The van der Waals surface area contributed by atoms with E-state index in [0.717, 1.165) is 0 Å². The highest BCUT2D eigenvalue weighted by Gasteiger charge is 2.02. The van der Waals surface area contributed by atoms with Crippen molar-refractivity contribution in [3.63, 3.8) is 0 Å². The molecule has 0 radical (unpaired) electrons. The highest BCUT2D eigenvalue weighted by Crippen LogP contribution is 2.09. The van der Waals surface area contributed by atoms with Crippen LogP contribution in [0.4, 0.5) is 0 Å². The summed E-state index contributed by atoms with van der Waals surface area (Å²) in [7, 11) is 0. The van der Waals surface area contributed by atoms with Crippen LogP contribution in [0.25, 0.3) is 0 Å². The summed E-state index contributed by atoms with van der Waals surface area (Å²) in [4.78, 5) is 0. The molecular formula is C12H20Cl2O3. The zero-order valence-electron chi connectivity index (χ0n) is 10.2. The second-order valence-electron chi connectivity index (χ2n) is 3.82. The Labute approximate surface area is 113 Å². The zero-order chi connectivity index (χ0) is 13.3. The third kappa shape index (κ3) is 9.48. The Morgan fingerprint density at radius 2 is 1.35 bits per heavy atom. The molecule has 0 rings (SSSR count). The van der Waals surface area contributed by atoms with E-state index in [1.165, 1.54) is 0 Å². The Morgan fingerprint density at radius 3 is 1.65 bits per heavy atom. The molecule has 0 fully saturated rings. The fourth-order valence-electron chi connectivity index (χ4n) is 1.07. The second-order valence-corrected chi connectivity index (χ2v) is 4.44. The fraction of sp³-hybridized carbons (Fsp3) is 0.667. The van der Waals surface area contributed by atoms with Crippen molar-refractivity contribution in [2.24, 2.45) is 0 Å². The van der Waals surface area contributed by atoms with E-state index in [-0.39, 0.29) is 11.8 Å². The molecule has 0 heterocycles. The highest BCUT2D eigenvalue weighted by atomic mass is 35.5. The smallest absolute Gasteiger partial charge is 0.0966 e. The zero-order valence-corrected chi connectivity index (χ0v) is 11.7. The molecule has 100 valence electrons. The van der Waals surface area contributed by atoms with Crippen LogP contribution in [0.2, 0.25) is 0 Å². The van der Waals surface area contributed by atoms with Crippen molar-refractivity contribution in [2.45, 2.75) is 38.9 Å². The van der Waals surface area contributed by atoms with Crippen LogP contribution < -0.4 is 0 Å². The van der Waals surface area contributed by atoms with Gasteiger partial charge in [-0.2, -0.15) is 0 Å². The molecule has 2 unspecified atom stereocenters. The van der Waals surface area contributed by atoms with Gasteiger partial charge in [0.15, 0.2) is 0 Å². The summed E-state index contributed by atoms with van der Waals surface area (Å²) in [6, 6.07) is 0. The number of rotatable bonds is 8. The quantitative estimate of drug-likeness (QED) is 0.532. The SMILES string of the molecule is CC(=CCC(O)CCl)OC(C)=CCC(O)CCl. The Bertz CT molecular complexity index is 238. The van der Waals surface area contributed by atoms with Crippen molar-refractivity contribution >= 4 is 23.2 Å². The average Bonchev–Trinajstić information content (AvgIpc) is 2.32. The van der Waals surface area contributed by atoms with Gasteiger partial charge in [0.1, 0.15) is 0 Å². The monoisotopic (exact) mass is 282 g/mol. The molecule has 0 aromatic rings. The topological polar surface area (TPSA) is 49.7 Å². The Morgan fingerprint density at radius 1 is 1.00 bits per heavy atom. The van der Waals surface area contributed by atoms with Crippen molar-refractivity contribution in [3.05, 3.63) is 23.7 Å². The first-order valence-corrected chi connectivity index (χ1v) is 6.56. The summed E-state index contributed by atoms with van der Waals surface area (Å²) >= 11 is 10.9. The van der Waals surface area contributed by atoms with Gasteiger partial charge < -0.3 is 14.9 Å². The summed E-state index contributed by atoms with van der Waals surface area (Å²) in [5.74, 6) is 1.81. The lowest BCUT2D eigenvalue weighted by atomic mass is 10.2. The van der Waals surface area contributed by atoms with Crippen LogP contribution in [0.5, 0.6) is 0 Å². The van der Waals surface area contributed by atoms with E-state index in [2.05, 4.69) is 0 Å². The van der Waals surface area contributed by atoms with E-state index in [0.29, 0.717) is 24.4 Å². The van der Waals surface area contributed by atoms with Crippen molar-refractivity contribution < 1.29 is 14.9 Å². The predicted octanol–water partition coefficient (Wildman–Crippen LogP) is 2.79. The van der Waals surface area contributed by atoms with Gasteiger partial charge in [-0.25, -0.2) is 0 Å². The maximum Gasteiger partial charge on any atom is 0.0966 e. The van der Waals surface area contributed by atoms with Gasteiger partial charge in [0.05, 0.1) is 23.7 Å². The molecule has 0 aromatic carbocycles. The lowest BCUT2D eigenvalue weighted by Crippen LogP contribution is -2.07. The molecule has 3 nitrogen and oxygen atoms in total. The van der Waals surface area contributed by atoms with Crippen LogP contribution in [-0.2, 0) is 4.74 Å². The minimum Gasteiger partial charge on any atom is -0.467 e. The van der Waals surface area contributed by atoms with Gasteiger partial charge in [-0.1, -0.05) is 0 Å². The molecule has 0 bridgehead atoms. The lowest BCUT2D eigenvalue weighted by molar-refractivity contribution is 0.197. The van der Waals surface area contributed by atoms with E-state index < -0.39 is 12.2 Å². The van der Waals surface area contributed by atoms with Gasteiger partial charge in [-0.05, 0) is 38.8 Å². The van der Waals surface area contributed by atoms with Crippen molar-refractivity contribution in [2.75, 3.05) is 11.8 Å². The minimum absolute atomic E-state index is 0.209. The maximum atomic E-state index is 9.25. The second kappa shape index (κ2) is 9.77. The molecule has 5 heteroatoms. The summed E-state index contributed by atoms with van der Waals surface area (Å²) in [6.07, 6.45) is 3.40. The van der Waals surface area contributed by atoms with Gasteiger partial charge in [-0.3, -0.25) is 0 Å². The first kappa shape index (κ1) is 16.8. The number of alkyl halides is 2. The molecule has 0 amide bonds. The fourth-order valence-corrected chi connectivity index (χ4v) is 1.32. The van der Waals surface area contributed by atoms with Crippen molar-refractivity contribution in [1.29, 1.82) is 0 Å². The van der Waals surface area contributed by atoms with Crippen LogP contribution in [0, 0.1) is 0 Å².